The number of amides is 1. The van der Waals surface area contributed by atoms with Crippen LogP contribution in [0.2, 0.25) is 0 Å². The van der Waals surface area contributed by atoms with Gasteiger partial charge in [-0.2, -0.15) is 11.8 Å². The Morgan fingerprint density at radius 2 is 2.00 bits per heavy atom. The summed E-state index contributed by atoms with van der Waals surface area (Å²) in [6, 6.07) is 8.55. The third kappa shape index (κ3) is 5.19. The second-order valence-corrected chi connectivity index (χ2v) is 10.7. The van der Waals surface area contributed by atoms with Crippen LogP contribution >= 0.6 is 34.9 Å². The van der Waals surface area contributed by atoms with Crippen LogP contribution in [0.4, 0.5) is 0 Å². The zero-order chi connectivity index (χ0) is 18.5. The zero-order valence-electron chi connectivity index (χ0n) is 15.6. The second kappa shape index (κ2) is 9.63. The predicted molar refractivity (Wildman–Crippen MR) is 118 cm³/mol. The number of piperidine rings is 1. The molecule has 2 aliphatic rings. The van der Waals surface area contributed by atoms with E-state index >= 15 is 0 Å². The van der Waals surface area contributed by atoms with Crippen molar-refractivity contribution in [3.8, 4) is 0 Å². The molecule has 7 heteroatoms. The highest BCUT2D eigenvalue weighted by atomic mass is 32.2. The molecule has 0 spiro atoms. The molecular weight excluding hydrogens is 394 g/mol. The molecule has 0 radical (unpaired) electrons. The van der Waals surface area contributed by atoms with Crippen LogP contribution in [-0.2, 0) is 4.79 Å². The molecule has 1 amide bonds. The van der Waals surface area contributed by atoms with E-state index in [0.717, 1.165) is 35.1 Å². The summed E-state index contributed by atoms with van der Waals surface area (Å²) < 4.78 is 2.20. The minimum Gasteiger partial charge on any atom is -0.337 e. The summed E-state index contributed by atoms with van der Waals surface area (Å²) in [7, 11) is 0. The number of hydrogen-bond donors (Lipinski definition) is 0. The van der Waals surface area contributed by atoms with Crippen LogP contribution in [0.3, 0.4) is 0 Å². The first-order chi connectivity index (χ1) is 13.3. The number of benzene rings is 1. The molecule has 1 aromatic heterocycles. The summed E-state index contributed by atoms with van der Waals surface area (Å²) in [5.74, 6) is 3.03. The summed E-state index contributed by atoms with van der Waals surface area (Å²) in [5.41, 5.74) is 1.03. The van der Waals surface area contributed by atoms with Gasteiger partial charge in [-0.1, -0.05) is 30.3 Å². The molecule has 4 rings (SSSR count). The first kappa shape index (κ1) is 19.6. The van der Waals surface area contributed by atoms with Crippen molar-refractivity contribution >= 4 is 51.0 Å². The van der Waals surface area contributed by atoms with Gasteiger partial charge in [-0.3, -0.25) is 4.79 Å². The average Bonchev–Trinajstić information content (AvgIpc) is 2.98. The highest BCUT2D eigenvalue weighted by Crippen LogP contribution is 2.30. The van der Waals surface area contributed by atoms with E-state index in [9.17, 15) is 4.79 Å². The van der Waals surface area contributed by atoms with Gasteiger partial charge < -0.3 is 9.80 Å². The zero-order valence-corrected chi connectivity index (χ0v) is 18.1. The van der Waals surface area contributed by atoms with Crippen molar-refractivity contribution in [1.82, 2.24) is 14.8 Å². The smallest absolute Gasteiger partial charge is 0.233 e. The van der Waals surface area contributed by atoms with Crippen molar-refractivity contribution in [2.24, 2.45) is 0 Å². The van der Waals surface area contributed by atoms with Crippen molar-refractivity contribution in [2.45, 2.75) is 36.1 Å². The number of likely N-dealkylation sites (tertiary alicyclic amines) is 1. The van der Waals surface area contributed by atoms with Crippen LogP contribution in [-0.4, -0.2) is 70.2 Å². The molecule has 1 aromatic carbocycles. The Morgan fingerprint density at radius 1 is 1.15 bits per heavy atom. The van der Waals surface area contributed by atoms with Gasteiger partial charge in [0.15, 0.2) is 4.34 Å². The summed E-state index contributed by atoms with van der Waals surface area (Å²) in [5, 5.41) is 0. The lowest BCUT2D eigenvalue weighted by Crippen LogP contribution is -2.49. The fourth-order valence-electron chi connectivity index (χ4n) is 3.87. The quantitative estimate of drug-likeness (QED) is 0.676. The van der Waals surface area contributed by atoms with Gasteiger partial charge in [-0.25, -0.2) is 4.98 Å². The maximum Gasteiger partial charge on any atom is 0.233 e. The number of nitrogens with zero attached hydrogens (tertiary/aromatic N) is 3. The minimum absolute atomic E-state index is 0.281. The third-order valence-corrected chi connectivity index (χ3v) is 8.63. The van der Waals surface area contributed by atoms with E-state index in [1.165, 1.54) is 42.8 Å². The number of fused-ring (bicyclic) bond motifs is 1. The van der Waals surface area contributed by atoms with Gasteiger partial charge in [0.25, 0.3) is 0 Å². The van der Waals surface area contributed by atoms with E-state index in [-0.39, 0.29) is 5.91 Å². The Bertz CT molecular complexity index is 727. The molecule has 2 aromatic rings. The number of carbonyl (C=O) groups excluding carboxylic acids is 1. The molecule has 2 fully saturated rings. The number of thiazole rings is 1. The van der Waals surface area contributed by atoms with Crippen molar-refractivity contribution in [1.29, 1.82) is 0 Å². The van der Waals surface area contributed by atoms with Crippen LogP contribution in [0, 0.1) is 0 Å². The number of rotatable bonds is 5. The van der Waals surface area contributed by atoms with E-state index in [4.69, 9.17) is 0 Å². The normalized spacial score (nSPS) is 22.1. The van der Waals surface area contributed by atoms with Gasteiger partial charge in [0.05, 0.1) is 22.0 Å². The van der Waals surface area contributed by atoms with E-state index in [2.05, 4.69) is 20.9 Å². The average molecular weight is 422 g/mol. The van der Waals surface area contributed by atoms with Gasteiger partial charge in [-0.05, 0) is 50.2 Å². The molecule has 0 aliphatic carbocycles. The Balaban J connectivity index is 1.37. The predicted octanol–water partition coefficient (Wildman–Crippen LogP) is 4.21. The monoisotopic (exact) mass is 421 g/mol. The van der Waals surface area contributed by atoms with Crippen molar-refractivity contribution < 1.29 is 4.79 Å². The molecule has 2 aliphatic heterocycles. The summed E-state index contributed by atoms with van der Waals surface area (Å²) in [6.07, 6.45) is 5.08. The molecule has 3 heterocycles. The number of aromatic nitrogens is 1. The molecule has 0 saturated carbocycles. The molecule has 1 atom stereocenters. The second-order valence-electron chi connectivity index (χ2n) is 7.27. The van der Waals surface area contributed by atoms with Gasteiger partial charge in [0.2, 0.25) is 5.91 Å². The fraction of sp³-hybridized carbons (Fsp3) is 0.600. The molecule has 1 unspecified atom stereocenters. The number of para-hydroxylation sites is 1. The summed E-state index contributed by atoms with van der Waals surface area (Å²) >= 11 is 5.30. The van der Waals surface area contributed by atoms with Crippen LogP contribution < -0.4 is 0 Å². The third-order valence-electron chi connectivity index (χ3n) is 5.27. The molecule has 2 saturated heterocycles. The summed E-state index contributed by atoms with van der Waals surface area (Å²) in [4.78, 5) is 22.5. The topological polar surface area (TPSA) is 36.4 Å². The highest BCUT2D eigenvalue weighted by Gasteiger charge is 2.28. The van der Waals surface area contributed by atoms with Crippen LogP contribution in [0.5, 0.6) is 0 Å². The molecular formula is C20H27N3OS3. The van der Waals surface area contributed by atoms with Gasteiger partial charge in [0, 0.05) is 18.8 Å². The largest absolute Gasteiger partial charge is 0.337 e. The van der Waals surface area contributed by atoms with Crippen molar-refractivity contribution in [3.63, 3.8) is 0 Å². The van der Waals surface area contributed by atoms with Gasteiger partial charge in [-0.15, -0.1) is 11.3 Å². The Morgan fingerprint density at radius 3 is 2.85 bits per heavy atom. The maximum absolute atomic E-state index is 13.0. The highest BCUT2D eigenvalue weighted by molar-refractivity contribution is 8.01. The Kier molecular flexibility index (Phi) is 6.97. The van der Waals surface area contributed by atoms with E-state index in [1.807, 2.05) is 30.0 Å². The standard InChI is InChI=1S/C20H27N3OS3/c24-19(15-26-20-21-17-7-2-3-8-18(17)27-20)23-11-6-12-25-14-16(23)13-22-9-4-1-5-10-22/h2-3,7-8,16H,1,4-6,9-15H2. The lowest BCUT2D eigenvalue weighted by molar-refractivity contribution is -0.130. The van der Waals surface area contributed by atoms with E-state index in [0.29, 0.717) is 11.8 Å². The number of thioether (sulfide) groups is 2. The molecule has 0 N–H and O–H groups in total. The number of carbonyl (C=O) groups is 1. The first-order valence-electron chi connectivity index (χ1n) is 9.87. The first-order valence-corrected chi connectivity index (χ1v) is 12.8. The number of hydrogen-bond acceptors (Lipinski definition) is 6. The minimum atomic E-state index is 0.281. The van der Waals surface area contributed by atoms with E-state index in [1.54, 1.807) is 23.1 Å². The van der Waals surface area contributed by atoms with Crippen molar-refractivity contribution in [3.05, 3.63) is 24.3 Å². The SMILES string of the molecule is O=C(CSc1nc2ccccc2s1)N1CCCSCC1CN1CCCCC1. The van der Waals surface area contributed by atoms with Gasteiger partial charge in [0.1, 0.15) is 0 Å². The molecule has 4 nitrogen and oxygen atoms in total. The molecule has 0 bridgehead atoms. The Labute approximate surface area is 174 Å². The van der Waals surface area contributed by atoms with Crippen molar-refractivity contribution in [2.75, 3.05) is 43.4 Å². The fourth-order valence-corrected chi connectivity index (χ4v) is 6.88. The van der Waals surface area contributed by atoms with Crippen LogP contribution in [0.25, 0.3) is 10.2 Å². The maximum atomic E-state index is 13.0. The van der Waals surface area contributed by atoms with E-state index < -0.39 is 0 Å². The summed E-state index contributed by atoms with van der Waals surface area (Å²) in [6.45, 7) is 4.35. The van der Waals surface area contributed by atoms with Crippen LogP contribution in [0.15, 0.2) is 28.6 Å². The molecule has 27 heavy (non-hydrogen) atoms. The van der Waals surface area contributed by atoms with Gasteiger partial charge >= 0.3 is 0 Å². The van der Waals surface area contributed by atoms with Crippen LogP contribution in [0.1, 0.15) is 25.7 Å². The lowest BCUT2D eigenvalue weighted by atomic mass is 10.1. The molecule has 146 valence electrons. The Hall–Kier alpha value is -0.760. The lowest BCUT2D eigenvalue weighted by Gasteiger charge is -2.35.